The van der Waals surface area contributed by atoms with Crippen LogP contribution in [0.5, 0.6) is 5.75 Å². The lowest BCUT2D eigenvalue weighted by Crippen LogP contribution is -2.43. The molecule has 0 bridgehead atoms. The Morgan fingerprint density at radius 3 is 2.55 bits per heavy atom. The molecule has 1 aliphatic carbocycles. The van der Waals surface area contributed by atoms with E-state index in [1.807, 2.05) is 24.3 Å². The van der Waals surface area contributed by atoms with Crippen LogP contribution in [0.3, 0.4) is 0 Å². The topological polar surface area (TPSA) is 73.6 Å². The number of nitrogens with two attached hydrogens (primary N) is 1. The molecule has 0 aromatic heterocycles. The highest BCUT2D eigenvalue weighted by molar-refractivity contribution is 5.94. The first-order valence-corrected chi connectivity index (χ1v) is 8.09. The molecule has 1 unspecified atom stereocenters. The summed E-state index contributed by atoms with van der Waals surface area (Å²) in [6, 6.07) is 7.01. The second-order valence-corrected chi connectivity index (χ2v) is 6.24. The Morgan fingerprint density at radius 2 is 1.91 bits per heavy atom. The molecule has 1 aromatic carbocycles. The molecule has 0 spiro atoms. The second-order valence-electron chi connectivity index (χ2n) is 6.24. The Balaban J connectivity index is 1.49. The van der Waals surface area contributed by atoms with Crippen molar-refractivity contribution in [1.82, 2.24) is 0 Å². The summed E-state index contributed by atoms with van der Waals surface area (Å²) in [6.45, 7) is 2.18. The van der Waals surface area contributed by atoms with Crippen LogP contribution in [0, 0.1) is 11.8 Å². The fourth-order valence-electron chi connectivity index (χ4n) is 2.65. The van der Waals surface area contributed by atoms with E-state index in [2.05, 4.69) is 5.32 Å². The van der Waals surface area contributed by atoms with Gasteiger partial charge in [-0.1, -0.05) is 0 Å². The molecule has 1 saturated heterocycles. The standard InChI is InChI=1S/C17H24N2O3/c18-16(13-7-9-21-10-8-13)17(20)19-14-3-5-15(6-4-14)22-11-12-1-2-12/h3-6,12-13,16H,1-2,7-11,18H2,(H,19,20). The molecule has 2 fully saturated rings. The van der Waals surface area contributed by atoms with E-state index in [0.29, 0.717) is 13.2 Å². The summed E-state index contributed by atoms with van der Waals surface area (Å²) >= 11 is 0. The molecular weight excluding hydrogens is 280 g/mol. The summed E-state index contributed by atoms with van der Waals surface area (Å²) in [4.78, 5) is 12.2. The predicted octanol–water partition coefficient (Wildman–Crippen LogP) is 2.17. The SMILES string of the molecule is NC(C(=O)Nc1ccc(OCC2CC2)cc1)C1CCOCC1. The van der Waals surface area contributed by atoms with Crippen molar-refractivity contribution in [2.45, 2.75) is 31.7 Å². The van der Waals surface area contributed by atoms with Crippen molar-refractivity contribution in [2.75, 3.05) is 25.1 Å². The highest BCUT2D eigenvalue weighted by Gasteiger charge is 2.26. The summed E-state index contributed by atoms with van der Waals surface area (Å²) in [6.07, 6.45) is 4.25. The average molecular weight is 304 g/mol. The number of anilines is 1. The zero-order chi connectivity index (χ0) is 15.4. The smallest absolute Gasteiger partial charge is 0.241 e. The van der Waals surface area contributed by atoms with Gasteiger partial charge >= 0.3 is 0 Å². The minimum Gasteiger partial charge on any atom is -0.493 e. The van der Waals surface area contributed by atoms with E-state index in [9.17, 15) is 4.79 Å². The van der Waals surface area contributed by atoms with E-state index in [4.69, 9.17) is 15.2 Å². The zero-order valence-corrected chi connectivity index (χ0v) is 12.8. The Morgan fingerprint density at radius 1 is 1.23 bits per heavy atom. The Bertz CT molecular complexity index is 493. The fraction of sp³-hybridized carbons (Fsp3) is 0.588. The molecule has 1 aliphatic heterocycles. The molecule has 3 N–H and O–H groups in total. The van der Waals surface area contributed by atoms with Crippen LogP contribution < -0.4 is 15.8 Å². The van der Waals surface area contributed by atoms with Gasteiger partial charge in [0, 0.05) is 18.9 Å². The van der Waals surface area contributed by atoms with Crippen molar-refractivity contribution in [1.29, 1.82) is 0 Å². The quantitative estimate of drug-likeness (QED) is 0.844. The van der Waals surface area contributed by atoms with Crippen molar-refractivity contribution >= 4 is 11.6 Å². The first-order valence-electron chi connectivity index (χ1n) is 8.09. The van der Waals surface area contributed by atoms with Gasteiger partial charge in [-0.25, -0.2) is 0 Å². The fourth-order valence-corrected chi connectivity index (χ4v) is 2.65. The highest BCUT2D eigenvalue weighted by Crippen LogP contribution is 2.29. The van der Waals surface area contributed by atoms with Gasteiger partial charge in [-0.2, -0.15) is 0 Å². The number of ether oxygens (including phenoxy) is 2. The summed E-state index contributed by atoms with van der Waals surface area (Å²) in [5.74, 6) is 1.66. The number of hydrogen-bond acceptors (Lipinski definition) is 4. The number of hydrogen-bond donors (Lipinski definition) is 2. The van der Waals surface area contributed by atoms with Crippen LogP contribution in [-0.4, -0.2) is 31.8 Å². The molecule has 1 aromatic rings. The monoisotopic (exact) mass is 304 g/mol. The van der Waals surface area contributed by atoms with Gasteiger partial charge in [-0.05, 0) is 61.8 Å². The van der Waals surface area contributed by atoms with Crippen molar-refractivity contribution < 1.29 is 14.3 Å². The van der Waals surface area contributed by atoms with Crippen molar-refractivity contribution in [3.8, 4) is 5.75 Å². The predicted molar refractivity (Wildman–Crippen MR) is 84.8 cm³/mol. The summed E-state index contributed by atoms with van der Waals surface area (Å²) in [5, 5.41) is 2.88. The molecule has 3 rings (SSSR count). The maximum Gasteiger partial charge on any atom is 0.241 e. The van der Waals surface area contributed by atoms with Gasteiger partial charge < -0.3 is 20.5 Å². The van der Waals surface area contributed by atoms with Crippen LogP contribution in [0.1, 0.15) is 25.7 Å². The molecule has 0 radical (unpaired) electrons. The number of carbonyl (C=O) groups is 1. The van der Waals surface area contributed by atoms with Crippen LogP contribution in [0.2, 0.25) is 0 Å². The van der Waals surface area contributed by atoms with Gasteiger partial charge in [-0.3, -0.25) is 4.79 Å². The molecule has 5 nitrogen and oxygen atoms in total. The normalized spacial score (nSPS) is 20.4. The van der Waals surface area contributed by atoms with Crippen LogP contribution in [0.4, 0.5) is 5.69 Å². The third-order valence-corrected chi connectivity index (χ3v) is 4.38. The second kappa shape index (κ2) is 7.11. The lowest BCUT2D eigenvalue weighted by atomic mass is 9.92. The Hall–Kier alpha value is -1.59. The molecule has 22 heavy (non-hydrogen) atoms. The van der Waals surface area contributed by atoms with E-state index >= 15 is 0 Å². The van der Waals surface area contributed by atoms with E-state index in [1.54, 1.807) is 0 Å². The first-order chi connectivity index (χ1) is 10.7. The molecular formula is C17H24N2O3. The third kappa shape index (κ3) is 4.21. The summed E-state index contributed by atoms with van der Waals surface area (Å²) in [5.41, 5.74) is 6.82. The lowest BCUT2D eigenvalue weighted by molar-refractivity contribution is -0.119. The van der Waals surface area contributed by atoms with Crippen molar-refractivity contribution in [3.63, 3.8) is 0 Å². The van der Waals surface area contributed by atoms with Crippen molar-refractivity contribution in [2.24, 2.45) is 17.6 Å². The first kappa shape index (κ1) is 15.3. The average Bonchev–Trinajstić information content (AvgIpc) is 3.38. The minimum atomic E-state index is -0.477. The molecule has 1 saturated carbocycles. The summed E-state index contributed by atoms with van der Waals surface area (Å²) < 4.78 is 11.0. The van der Waals surface area contributed by atoms with E-state index in [-0.39, 0.29) is 11.8 Å². The Kier molecular flexibility index (Phi) is 4.95. The van der Waals surface area contributed by atoms with E-state index in [0.717, 1.165) is 36.8 Å². The molecule has 1 heterocycles. The van der Waals surface area contributed by atoms with Crippen molar-refractivity contribution in [3.05, 3.63) is 24.3 Å². The highest BCUT2D eigenvalue weighted by atomic mass is 16.5. The Labute approximate surface area is 131 Å². The number of benzene rings is 1. The molecule has 1 atom stereocenters. The molecule has 2 aliphatic rings. The largest absolute Gasteiger partial charge is 0.493 e. The summed E-state index contributed by atoms with van der Waals surface area (Å²) in [7, 11) is 0. The van der Waals surface area contributed by atoms with Crippen LogP contribution in [0.15, 0.2) is 24.3 Å². The molecule has 1 amide bonds. The number of nitrogens with one attached hydrogen (secondary N) is 1. The van der Waals surface area contributed by atoms with Crippen LogP contribution >= 0.6 is 0 Å². The third-order valence-electron chi connectivity index (χ3n) is 4.38. The number of amides is 1. The maximum atomic E-state index is 12.2. The van der Waals surface area contributed by atoms with Gasteiger partial charge in [0.25, 0.3) is 0 Å². The van der Waals surface area contributed by atoms with Crippen LogP contribution in [-0.2, 0) is 9.53 Å². The van der Waals surface area contributed by atoms with Gasteiger partial charge in [-0.15, -0.1) is 0 Å². The lowest BCUT2D eigenvalue weighted by Gasteiger charge is -2.26. The maximum absolute atomic E-state index is 12.2. The van der Waals surface area contributed by atoms with E-state index in [1.165, 1.54) is 12.8 Å². The van der Waals surface area contributed by atoms with Gasteiger partial charge in [0.15, 0.2) is 0 Å². The van der Waals surface area contributed by atoms with Crippen LogP contribution in [0.25, 0.3) is 0 Å². The van der Waals surface area contributed by atoms with Gasteiger partial charge in [0.05, 0.1) is 12.6 Å². The number of carbonyl (C=O) groups excluding carboxylic acids is 1. The molecule has 5 heteroatoms. The zero-order valence-electron chi connectivity index (χ0n) is 12.8. The van der Waals surface area contributed by atoms with E-state index < -0.39 is 6.04 Å². The van der Waals surface area contributed by atoms with Gasteiger partial charge in [0.1, 0.15) is 5.75 Å². The molecule has 120 valence electrons. The number of rotatable bonds is 6. The minimum absolute atomic E-state index is 0.126. The van der Waals surface area contributed by atoms with Gasteiger partial charge in [0.2, 0.25) is 5.91 Å².